The number of thiophene rings is 1. The third kappa shape index (κ3) is 2.84. The SMILES string of the molecule is CCOc1nc(-c2ccc(OC)cc2)c(-n2nnc3ccccc32)c2csc(N)c12. The van der Waals surface area contributed by atoms with E-state index in [1.807, 2.05) is 65.5 Å². The Morgan fingerprint density at radius 2 is 1.90 bits per heavy atom. The van der Waals surface area contributed by atoms with Crippen molar-refractivity contribution in [1.82, 2.24) is 20.0 Å². The van der Waals surface area contributed by atoms with Gasteiger partial charge in [0.15, 0.2) is 0 Å². The van der Waals surface area contributed by atoms with E-state index in [1.165, 1.54) is 11.3 Å². The van der Waals surface area contributed by atoms with Gasteiger partial charge in [-0.25, -0.2) is 9.67 Å². The van der Waals surface area contributed by atoms with Crippen molar-refractivity contribution in [3.63, 3.8) is 0 Å². The lowest BCUT2D eigenvalue weighted by Crippen LogP contribution is -2.05. The molecule has 0 aliphatic heterocycles. The second-order valence-electron chi connectivity index (χ2n) is 6.65. The number of methoxy groups -OCH3 is 1. The maximum Gasteiger partial charge on any atom is 0.225 e. The molecule has 0 fully saturated rings. The van der Waals surface area contributed by atoms with Gasteiger partial charge in [-0.1, -0.05) is 17.3 Å². The van der Waals surface area contributed by atoms with Crippen LogP contribution in [0.4, 0.5) is 5.00 Å². The van der Waals surface area contributed by atoms with E-state index in [4.69, 9.17) is 20.2 Å². The summed E-state index contributed by atoms with van der Waals surface area (Å²) in [5, 5.41) is 13.2. The van der Waals surface area contributed by atoms with Crippen molar-refractivity contribution in [2.45, 2.75) is 6.92 Å². The fourth-order valence-corrected chi connectivity index (χ4v) is 4.33. The second kappa shape index (κ2) is 7.31. The summed E-state index contributed by atoms with van der Waals surface area (Å²) in [6.45, 7) is 2.42. The number of nitrogen functional groups attached to an aromatic ring is 1. The van der Waals surface area contributed by atoms with Crippen LogP contribution in [0.25, 0.3) is 38.8 Å². The zero-order valence-corrected chi connectivity index (χ0v) is 17.3. The summed E-state index contributed by atoms with van der Waals surface area (Å²) in [6, 6.07) is 15.6. The van der Waals surface area contributed by atoms with E-state index < -0.39 is 0 Å². The summed E-state index contributed by atoms with van der Waals surface area (Å²) in [7, 11) is 1.65. The highest BCUT2D eigenvalue weighted by Gasteiger charge is 2.23. The molecule has 0 atom stereocenters. The van der Waals surface area contributed by atoms with Crippen molar-refractivity contribution < 1.29 is 9.47 Å². The third-order valence-corrected chi connectivity index (χ3v) is 5.75. The van der Waals surface area contributed by atoms with Crippen LogP contribution < -0.4 is 15.2 Å². The molecule has 5 rings (SSSR count). The van der Waals surface area contributed by atoms with Crippen LogP contribution in [0.2, 0.25) is 0 Å². The number of nitrogens with two attached hydrogens (primary N) is 1. The average molecular weight is 417 g/mol. The molecule has 150 valence electrons. The molecule has 0 amide bonds. The van der Waals surface area contributed by atoms with Crippen LogP contribution in [0, 0.1) is 0 Å². The molecule has 2 aromatic carbocycles. The maximum atomic E-state index is 6.31. The van der Waals surface area contributed by atoms with Crippen molar-refractivity contribution in [3.05, 3.63) is 53.9 Å². The van der Waals surface area contributed by atoms with Crippen LogP contribution in [0.15, 0.2) is 53.9 Å². The number of hydrogen-bond donors (Lipinski definition) is 1. The first-order valence-corrected chi connectivity index (χ1v) is 10.4. The highest BCUT2D eigenvalue weighted by atomic mass is 32.1. The minimum absolute atomic E-state index is 0.491. The first-order chi connectivity index (χ1) is 14.7. The van der Waals surface area contributed by atoms with Crippen molar-refractivity contribution in [3.8, 4) is 28.6 Å². The van der Waals surface area contributed by atoms with E-state index in [0.29, 0.717) is 17.5 Å². The zero-order chi connectivity index (χ0) is 20.7. The summed E-state index contributed by atoms with van der Waals surface area (Å²) in [5.41, 5.74) is 10.5. The Kier molecular flexibility index (Phi) is 4.48. The molecular weight excluding hydrogens is 398 g/mol. The number of fused-ring (bicyclic) bond motifs is 2. The number of benzene rings is 2. The lowest BCUT2D eigenvalue weighted by molar-refractivity contribution is 0.332. The monoisotopic (exact) mass is 417 g/mol. The van der Waals surface area contributed by atoms with E-state index in [1.54, 1.807) is 7.11 Å². The first-order valence-electron chi connectivity index (χ1n) is 9.50. The van der Waals surface area contributed by atoms with Crippen LogP contribution in [-0.2, 0) is 0 Å². The molecule has 5 aromatic rings. The fourth-order valence-electron chi connectivity index (χ4n) is 3.55. The smallest absolute Gasteiger partial charge is 0.225 e. The van der Waals surface area contributed by atoms with Crippen LogP contribution in [0.1, 0.15) is 6.92 Å². The summed E-state index contributed by atoms with van der Waals surface area (Å²) in [6.07, 6.45) is 0. The lowest BCUT2D eigenvalue weighted by Gasteiger charge is -2.15. The highest BCUT2D eigenvalue weighted by molar-refractivity contribution is 7.16. The molecule has 3 aromatic heterocycles. The molecule has 8 heteroatoms. The van der Waals surface area contributed by atoms with Crippen molar-refractivity contribution in [1.29, 1.82) is 0 Å². The van der Waals surface area contributed by atoms with E-state index in [-0.39, 0.29) is 0 Å². The fraction of sp³-hybridized carbons (Fsp3) is 0.136. The van der Waals surface area contributed by atoms with Gasteiger partial charge in [0.05, 0.1) is 29.6 Å². The van der Waals surface area contributed by atoms with E-state index in [2.05, 4.69) is 10.3 Å². The molecule has 0 saturated carbocycles. The van der Waals surface area contributed by atoms with E-state index >= 15 is 0 Å². The van der Waals surface area contributed by atoms with Gasteiger partial charge < -0.3 is 15.2 Å². The van der Waals surface area contributed by atoms with E-state index in [0.717, 1.165) is 44.5 Å². The number of anilines is 1. The van der Waals surface area contributed by atoms with Crippen LogP contribution in [0.5, 0.6) is 11.6 Å². The summed E-state index contributed by atoms with van der Waals surface area (Å²) in [5.74, 6) is 1.29. The number of ether oxygens (including phenoxy) is 2. The molecule has 0 aliphatic carbocycles. The third-order valence-electron chi connectivity index (χ3n) is 4.93. The largest absolute Gasteiger partial charge is 0.497 e. The molecule has 3 heterocycles. The Labute approximate surface area is 176 Å². The normalized spacial score (nSPS) is 11.3. The molecule has 0 aliphatic rings. The standard InChI is InChI=1S/C22H19N5O2S/c1-3-29-22-18-15(12-30-21(18)23)20(27-17-7-5-4-6-16(17)25-26-27)19(24-22)13-8-10-14(28-2)11-9-13/h4-12H,3,23H2,1-2H3. The number of pyridine rings is 1. The summed E-state index contributed by atoms with van der Waals surface area (Å²) in [4.78, 5) is 4.89. The van der Waals surface area contributed by atoms with Crippen LogP contribution in [-0.4, -0.2) is 33.7 Å². The lowest BCUT2D eigenvalue weighted by atomic mass is 10.1. The first kappa shape index (κ1) is 18.4. The van der Waals surface area contributed by atoms with E-state index in [9.17, 15) is 0 Å². The molecule has 0 radical (unpaired) electrons. The number of para-hydroxylation sites is 1. The summed E-state index contributed by atoms with van der Waals surface area (Å²) < 4.78 is 13.0. The Morgan fingerprint density at radius 1 is 1.10 bits per heavy atom. The van der Waals surface area contributed by atoms with Gasteiger partial charge in [-0.05, 0) is 43.3 Å². The summed E-state index contributed by atoms with van der Waals surface area (Å²) >= 11 is 1.46. The van der Waals surface area contributed by atoms with Gasteiger partial charge in [-0.2, -0.15) is 0 Å². The minimum atomic E-state index is 0.491. The number of hydrogen-bond acceptors (Lipinski definition) is 7. The maximum absolute atomic E-state index is 6.31. The van der Waals surface area contributed by atoms with Crippen LogP contribution in [0.3, 0.4) is 0 Å². The quantitative estimate of drug-likeness (QED) is 0.446. The predicted molar refractivity (Wildman–Crippen MR) is 120 cm³/mol. The molecule has 30 heavy (non-hydrogen) atoms. The number of rotatable bonds is 5. The molecule has 2 N–H and O–H groups in total. The average Bonchev–Trinajstić information content (AvgIpc) is 3.38. The van der Waals surface area contributed by atoms with Gasteiger partial charge in [0.1, 0.15) is 22.6 Å². The minimum Gasteiger partial charge on any atom is -0.497 e. The van der Waals surface area contributed by atoms with Crippen molar-refractivity contribution >= 4 is 38.1 Å². The van der Waals surface area contributed by atoms with Gasteiger partial charge in [0.2, 0.25) is 5.88 Å². The van der Waals surface area contributed by atoms with Gasteiger partial charge in [-0.3, -0.25) is 0 Å². The molecule has 0 unspecified atom stereocenters. The predicted octanol–water partition coefficient (Wildman–Crippen LogP) is 4.69. The van der Waals surface area contributed by atoms with Crippen LogP contribution >= 0.6 is 11.3 Å². The molecule has 0 saturated heterocycles. The number of nitrogens with zero attached hydrogens (tertiary/aromatic N) is 4. The Bertz CT molecular complexity index is 1360. The molecule has 7 nitrogen and oxygen atoms in total. The van der Waals surface area contributed by atoms with Gasteiger partial charge in [0, 0.05) is 16.3 Å². The van der Waals surface area contributed by atoms with Gasteiger partial charge in [-0.15, -0.1) is 16.4 Å². The Morgan fingerprint density at radius 3 is 2.67 bits per heavy atom. The topological polar surface area (TPSA) is 88.1 Å². The Balaban J connectivity index is 1.88. The highest BCUT2D eigenvalue weighted by Crippen LogP contribution is 2.43. The van der Waals surface area contributed by atoms with Crippen molar-refractivity contribution in [2.24, 2.45) is 0 Å². The molecular formula is C22H19N5O2S. The molecule has 0 spiro atoms. The van der Waals surface area contributed by atoms with Gasteiger partial charge in [0.25, 0.3) is 0 Å². The van der Waals surface area contributed by atoms with Gasteiger partial charge >= 0.3 is 0 Å². The van der Waals surface area contributed by atoms with Crippen molar-refractivity contribution in [2.75, 3.05) is 19.5 Å². The number of aromatic nitrogens is 4. The molecule has 0 bridgehead atoms. The zero-order valence-electron chi connectivity index (χ0n) is 16.5. The second-order valence-corrected chi connectivity index (χ2v) is 7.57. The Hall–Kier alpha value is -3.65.